The highest BCUT2D eigenvalue weighted by Gasteiger charge is 2.12. The Bertz CT molecular complexity index is 540. The van der Waals surface area contributed by atoms with E-state index in [4.69, 9.17) is 0 Å². The molecule has 0 saturated carbocycles. The van der Waals surface area contributed by atoms with Gasteiger partial charge >= 0.3 is 0 Å². The number of aromatic nitrogens is 1. The van der Waals surface area contributed by atoms with Crippen molar-refractivity contribution in [1.29, 1.82) is 0 Å². The summed E-state index contributed by atoms with van der Waals surface area (Å²) in [5.74, 6) is -0.153. The SMILES string of the molecule is Cc1ccc(C(C)N[C@H](C)c2cccnc2)cc1F. The monoisotopic (exact) mass is 258 g/mol. The third-order valence-corrected chi connectivity index (χ3v) is 3.38. The number of nitrogens with zero attached hydrogens (tertiary/aromatic N) is 1. The Labute approximate surface area is 113 Å². The Morgan fingerprint density at radius 3 is 2.47 bits per heavy atom. The van der Waals surface area contributed by atoms with Crippen LogP contribution in [0.5, 0.6) is 0 Å². The maximum absolute atomic E-state index is 13.6. The molecule has 0 fully saturated rings. The molecule has 0 aliphatic rings. The summed E-state index contributed by atoms with van der Waals surface area (Å²) in [6.07, 6.45) is 3.61. The molecule has 2 atom stereocenters. The van der Waals surface area contributed by atoms with E-state index in [-0.39, 0.29) is 17.9 Å². The number of nitrogens with one attached hydrogen (secondary N) is 1. The highest BCUT2D eigenvalue weighted by atomic mass is 19.1. The summed E-state index contributed by atoms with van der Waals surface area (Å²) in [4.78, 5) is 4.11. The molecule has 0 bridgehead atoms. The first-order valence-corrected chi connectivity index (χ1v) is 6.50. The Kier molecular flexibility index (Phi) is 4.27. The summed E-state index contributed by atoms with van der Waals surface area (Å²) >= 11 is 0. The van der Waals surface area contributed by atoms with Crippen LogP contribution in [0.15, 0.2) is 42.7 Å². The van der Waals surface area contributed by atoms with Crippen molar-refractivity contribution in [3.63, 3.8) is 0 Å². The molecule has 2 rings (SSSR count). The maximum Gasteiger partial charge on any atom is 0.126 e. The average Bonchev–Trinajstić information content (AvgIpc) is 2.42. The highest BCUT2D eigenvalue weighted by molar-refractivity contribution is 5.26. The zero-order valence-corrected chi connectivity index (χ0v) is 11.5. The Balaban J connectivity index is 2.08. The molecule has 2 nitrogen and oxygen atoms in total. The van der Waals surface area contributed by atoms with Gasteiger partial charge in [-0.25, -0.2) is 4.39 Å². The van der Waals surface area contributed by atoms with Crippen molar-refractivity contribution in [2.45, 2.75) is 32.9 Å². The number of benzene rings is 1. The van der Waals surface area contributed by atoms with Crippen molar-refractivity contribution in [3.05, 3.63) is 65.2 Å². The Morgan fingerprint density at radius 2 is 1.84 bits per heavy atom. The minimum absolute atomic E-state index is 0.0882. The molecular formula is C16H19FN2. The summed E-state index contributed by atoms with van der Waals surface area (Å²) in [6.45, 7) is 5.89. The van der Waals surface area contributed by atoms with E-state index in [0.717, 1.165) is 11.1 Å². The predicted octanol–water partition coefficient (Wildman–Crippen LogP) is 3.94. The number of hydrogen-bond donors (Lipinski definition) is 1. The molecule has 0 saturated heterocycles. The topological polar surface area (TPSA) is 24.9 Å². The predicted molar refractivity (Wildman–Crippen MR) is 75.3 cm³/mol. The molecule has 1 aromatic heterocycles. The molecule has 0 amide bonds. The van der Waals surface area contributed by atoms with Gasteiger partial charge in [0.05, 0.1) is 0 Å². The lowest BCUT2D eigenvalue weighted by molar-refractivity contribution is 0.490. The zero-order valence-electron chi connectivity index (χ0n) is 11.5. The Hall–Kier alpha value is -1.74. The largest absolute Gasteiger partial charge is 0.304 e. The smallest absolute Gasteiger partial charge is 0.126 e. The standard InChI is InChI=1S/C16H19FN2/c1-11-6-7-14(9-16(11)17)12(2)19-13(3)15-5-4-8-18-10-15/h4-10,12-13,19H,1-3H3/t12?,13-/m1/s1. The van der Waals surface area contributed by atoms with E-state index < -0.39 is 0 Å². The first-order chi connectivity index (χ1) is 9.08. The molecule has 3 heteroatoms. The highest BCUT2D eigenvalue weighted by Crippen LogP contribution is 2.20. The van der Waals surface area contributed by atoms with Crippen LogP contribution in [0.3, 0.4) is 0 Å². The van der Waals surface area contributed by atoms with E-state index in [0.29, 0.717) is 5.56 Å². The van der Waals surface area contributed by atoms with Crippen LogP contribution in [0.1, 0.15) is 42.6 Å². The molecule has 0 aliphatic heterocycles. The van der Waals surface area contributed by atoms with Gasteiger partial charge in [0.25, 0.3) is 0 Å². The van der Waals surface area contributed by atoms with Crippen molar-refractivity contribution < 1.29 is 4.39 Å². The fourth-order valence-corrected chi connectivity index (χ4v) is 2.08. The van der Waals surface area contributed by atoms with Gasteiger partial charge in [-0.1, -0.05) is 18.2 Å². The van der Waals surface area contributed by atoms with Crippen LogP contribution in [-0.4, -0.2) is 4.98 Å². The lowest BCUT2D eigenvalue weighted by Crippen LogP contribution is -2.22. The molecule has 19 heavy (non-hydrogen) atoms. The number of aryl methyl sites for hydroxylation is 1. The van der Waals surface area contributed by atoms with Gasteiger partial charge in [0.1, 0.15) is 5.82 Å². The van der Waals surface area contributed by atoms with Crippen LogP contribution < -0.4 is 5.32 Å². The van der Waals surface area contributed by atoms with Crippen molar-refractivity contribution in [2.24, 2.45) is 0 Å². The first kappa shape index (κ1) is 13.7. The minimum atomic E-state index is -0.153. The van der Waals surface area contributed by atoms with Crippen molar-refractivity contribution in [3.8, 4) is 0 Å². The summed E-state index contributed by atoms with van der Waals surface area (Å²) in [7, 11) is 0. The van der Waals surface area contributed by atoms with Crippen LogP contribution in [0, 0.1) is 12.7 Å². The Morgan fingerprint density at radius 1 is 1.11 bits per heavy atom. The molecular weight excluding hydrogens is 239 g/mol. The van der Waals surface area contributed by atoms with E-state index in [1.807, 2.05) is 37.4 Å². The van der Waals surface area contributed by atoms with E-state index in [9.17, 15) is 4.39 Å². The number of hydrogen-bond acceptors (Lipinski definition) is 2. The van der Waals surface area contributed by atoms with Crippen LogP contribution in [0.4, 0.5) is 4.39 Å². The average molecular weight is 258 g/mol. The van der Waals surface area contributed by atoms with Gasteiger partial charge in [0.2, 0.25) is 0 Å². The molecule has 2 aromatic rings. The molecule has 1 unspecified atom stereocenters. The van der Waals surface area contributed by atoms with Crippen LogP contribution in [-0.2, 0) is 0 Å². The minimum Gasteiger partial charge on any atom is -0.304 e. The quantitative estimate of drug-likeness (QED) is 0.898. The molecule has 0 spiro atoms. The second-order valence-electron chi connectivity index (χ2n) is 4.91. The number of halogens is 1. The molecule has 100 valence electrons. The molecule has 1 aromatic carbocycles. The second-order valence-corrected chi connectivity index (χ2v) is 4.91. The zero-order chi connectivity index (χ0) is 13.8. The summed E-state index contributed by atoms with van der Waals surface area (Å²) in [5.41, 5.74) is 2.76. The third kappa shape index (κ3) is 3.38. The lowest BCUT2D eigenvalue weighted by Gasteiger charge is -2.20. The van der Waals surface area contributed by atoms with Crippen LogP contribution in [0.2, 0.25) is 0 Å². The van der Waals surface area contributed by atoms with Gasteiger partial charge in [0, 0.05) is 24.5 Å². The van der Waals surface area contributed by atoms with E-state index in [2.05, 4.69) is 17.2 Å². The summed E-state index contributed by atoms with van der Waals surface area (Å²) in [6, 6.07) is 9.60. The number of pyridine rings is 1. The van der Waals surface area contributed by atoms with Gasteiger partial charge in [-0.05, 0) is 49.6 Å². The molecule has 0 radical (unpaired) electrons. The van der Waals surface area contributed by atoms with E-state index in [1.165, 1.54) is 0 Å². The van der Waals surface area contributed by atoms with Crippen molar-refractivity contribution in [2.75, 3.05) is 0 Å². The van der Waals surface area contributed by atoms with Gasteiger partial charge in [-0.15, -0.1) is 0 Å². The van der Waals surface area contributed by atoms with Crippen LogP contribution in [0.25, 0.3) is 0 Å². The fourth-order valence-electron chi connectivity index (χ4n) is 2.08. The maximum atomic E-state index is 13.6. The van der Waals surface area contributed by atoms with Crippen molar-refractivity contribution >= 4 is 0 Å². The van der Waals surface area contributed by atoms with Gasteiger partial charge in [-0.3, -0.25) is 4.98 Å². The third-order valence-electron chi connectivity index (χ3n) is 3.38. The molecule has 0 aliphatic carbocycles. The van der Waals surface area contributed by atoms with Crippen LogP contribution >= 0.6 is 0 Å². The normalized spacial score (nSPS) is 14.1. The second kappa shape index (κ2) is 5.93. The van der Waals surface area contributed by atoms with Gasteiger partial charge < -0.3 is 5.32 Å². The summed E-state index contributed by atoms with van der Waals surface area (Å²) < 4.78 is 13.6. The molecule has 1 N–H and O–H groups in total. The van der Waals surface area contributed by atoms with Gasteiger partial charge in [-0.2, -0.15) is 0 Å². The molecule has 1 heterocycles. The van der Waals surface area contributed by atoms with Crippen molar-refractivity contribution in [1.82, 2.24) is 10.3 Å². The van der Waals surface area contributed by atoms with E-state index >= 15 is 0 Å². The van der Waals surface area contributed by atoms with Gasteiger partial charge in [0.15, 0.2) is 0 Å². The van der Waals surface area contributed by atoms with E-state index in [1.54, 1.807) is 19.2 Å². The number of rotatable bonds is 4. The lowest BCUT2D eigenvalue weighted by atomic mass is 10.0. The summed E-state index contributed by atoms with van der Waals surface area (Å²) in [5, 5.41) is 3.45. The first-order valence-electron chi connectivity index (χ1n) is 6.50. The fraction of sp³-hybridized carbons (Fsp3) is 0.312.